The Morgan fingerprint density at radius 3 is 2.43 bits per heavy atom. The maximum Gasteiger partial charge on any atom is 0.332 e. The fourth-order valence-electron chi connectivity index (χ4n) is 2.81. The topological polar surface area (TPSA) is 69.4 Å². The molecule has 0 amide bonds. The van der Waals surface area contributed by atoms with Crippen molar-refractivity contribution in [1.29, 1.82) is 0 Å². The Morgan fingerprint density at radius 1 is 1.13 bits per heavy atom. The van der Waals surface area contributed by atoms with Crippen molar-refractivity contribution >= 4 is 27.6 Å². The van der Waals surface area contributed by atoms with Crippen molar-refractivity contribution in [1.82, 2.24) is 14.1 Å². The van der Waals surface area contributed by atoms with Crippen LogP contribution < -0.4 is 20.9 Å². The van der Waals surface area contributed by atoms with Crippen molar-refractivity contribution in [3.63, 3.8) is 0 Å². The predicted octanol–water partition coefficient (Wildman–Crippen LogP) is 0.860. The molecule has 0 unspecified atom stereocenters. The first-order valence-corrected chi connectivity index (χ1v) is 7.11. The second kappa shape index (κ2) is 5.12. The van der Waals surface area contributed by atoms with Gasteiger partial charge in [0.1, 0.15) is 11.1 Å². The van der Waals surface area contributed by atoms with Crippen molar-refractivity contribution in [2.75, 3.05) is 26.1 Å². The average molecular weight is 314 g/mol. The molecule has 0 bridgehead atoms. The number of hydrogen-bond donors (Lipinski definition) is 0. The molecule has 0 radical (unpaired) electrons. The van der Waals surface area contributed by atoms with Crippen LogP contribution in [0.4, 0.5) is 5.69 Å². The molecule has 0 aliphatic carbocycles. The predicted molar refractivity (Wildman–Crippen MR) is 90.6 cm³/mol. The summed E-state index contributed by atoms with van der Waals surface area (Å²) < 4.78 is 7.78. The fourth-order valence-corrected chi connectivity index (χ4v) is 2.81. The van der Waals surface area contributed by atoms with Crippen molar-refractivity contribution in [3.05, 3.63) is 39.0 Å². The third kappa shape index (κ3) is 2.08. The van der Waals surface area contributed by atoms with Crippen LogP contribution in [0.3, 0.4) is 0 Å². The molecule has 0 saturated carbocycles. The molecule has 2 heterocycles. The highest BCUT2D eigenvalue weighted by molar-refractivity contribution is 6.06. The van der Waals surface area contributed by atoms with Crippen molar-refractivity contribution in [2.24, 2.45) is 14.1 Å². The van der Waals surface area contributed by atoms with Gasteiger partial charge in [-0.1, -0.05) is 0 Å². The number of fused-ring (bicyclic) bond motifs is 2. The van der Waals surface area contributed by atoms with Crippen LogP contribution in [0.2, 0.25) is 0 Å². The first kappa shape index (κ1) is 15.1. The van der Waals surface area contributed by atoms with Crippen LogP contribution in [-0.2, 0) is 14.1 Å². The smallest absolute Gasteiger partial charge is 0.332 e. The van der Waals surface area contributed by atoms with Crippen LogP contribution >= 0.6 is 0 Å². The molecule has 0 fully saturated rings. The quantitative estimate of drug-likeness (QED) is 0.656. The Bertz CT molecular complexity index is 1050. The number of aromatic nitrogens is 3. The summed E-state index contributed by atoms with van der Waals surface area (Å²) in [6.45, 7) is 0. The van der Waals surface area contributed by atoms with Crippen molar-refractivity contribution in [2.45, 2.75) is 0 Å². The minimum atomic E-state index is -0.396. The van der Waals surface area contributed by atoms with Gasteiger partial charge in [0.05, 0.1) is 18.3 Å². The summed E-state index contributed by atoms with van der Waals surface area (Å²) in [5, 5.41) is 1.22. The molecule has 23 heavy (non-hydrogen) atoms. The molecule has 0 N–H and O–H groups in total. The molecule has 0 saturated heterocycles. The Morgan fingerprint density at radius 2 is 1.83 bits per heavy atom. The first-order chi connectivity index (χ1) is 10.9. The number of rotatable bonds is 2. The van der Waals surface area contributed by atoms with Gasteiger partial charge in [-0.2, -0.15) is 0 Å². The highest BCUT2D eigenvalue weighted by Crippen LogP contribution is 2.32. The number of aryl methyl sites for hydroxylation is 1. The third-order valence-corrected chi connectivity index (χ3v) is 4.00. The maximum absolute atomic E-state index is 12.7. The molecule has 0 aliphatic heterocycles. The number of methoxy groups -OCH3 is 1. The van der Waals surface area contributed by atoms with E-state index in [1.54, 1.807) is 20.2 Å². The molecule has 2 aromatic heterocycles. The van der Waals surface area contributed by atoms with Crippen molar-refractivity contribution < 1.29 is 4.74 Å². The number of hydrogen-bond acceptors (Lipinski definition) is 5. The van der Waals surface area contributed by atoms with Gasteiger partial charge in [0, 0.05) is 33.6 Å². The summed E-state index contributed by atoms with van der Waals surface area (Å²) in [6, 6.07) is 5.48. The number of anilines is 1. The molecule has 0 aliphatic rings. The second-order valence-corrected chi connectivity index (χ2v) is 5.64. The summed E-state index contributed by atoms with van der Waals surface area (Å²) in [4.78, 5) is 31.2. The molecule has 7 heteroatoms. The lowest BCUT2D eigenvalue weighted by molar-refractivity contribution is 0.415. The van der Waals surface area contributed by atoms with Crippen LogP contribution in [0.1, 0.15) is 0 Å². The van der Waals surface area contributed by atoms with Gasteiger partial charge < -0.3 is 9.64 Å². The van der Waals surface area contributed by atoms with Crippen LogP contribution in [0.5, 0.6) is 5.75 Å². The third-order valence-electron chi connectivity index (χ3n) is 4.00. The van der Waals surface area contributed by atoms with E-state index in [1.807, 2.05) is 31.1 Å². The SMILES string of the molecule is COc1ccc2nc3c(c(N(C)C)c2c1)c(=O)n(C)c(=O)n3C. The van der Waals surface area contributed by atoms with Gasteiger partial charge in [0.25, 0.3) is 5.56 Å². The summed E-state index contributed by atoms with van der Waals surface area (Å²) in [6.07, 6.45) is 0. The highest BCUT2D eigenvalue weighted by atomic mass is 16.5. The lowest BCUT2D eigenvalue weighted by atomic mass is 10.1. The molecule has 0 atom stereocenters. The van der Waals surface area contributed by atoms with E-state index in [9.17, 15) is 9.59 Å². The summed E-state index contributed by atoms with van der Waals surface area (Å²) in [7, 11) is 8.40. The van der Waals surface area contributed by atoms with Gasteiger partial charge in [-0.05, 0) is 18.2 Å². The largest absolute Gasteiger partial charge is 0.497 e. The van der Waals surface area contributed by atoms with Crippen LogP contribution in [-0.4, -0.2) is 35.3 Å². The van der Waals surface area contributed by atoms with Gasteiger partial charge in [-0.15, -0.1) is 0 Å². The zero-order valence-electron chi connectivity index (χ0n) is 13.7. The fraction of sp³-hybridized carbons (Fsp3) is 0.312. The number of nitrogens with zero attached hydrogens (tertiary/aromatic N) is 4. The summed E-state index contributed by atoms with van der Waals surface area (Å²) in [5.74, 6) is 0.684. The van der Waals surface area contributed by atoms with Gasteiger partial charge in [-0.3, -0.25) is 13.9 Å². The molecule has 120 valence electrons. The normalized spacial score (nSPS) is 11.2. The van der Waals surface area contributed by atoms with E-state index >= 15 is 0 Å². The van der Waals surface area contributed by atoms with E-state index in [-0.39, 0.29) is 5.56 Å². The maximum atomic E-state index is 12.7. The van der Waals surface area contributed by atoms with Gasteiger partial charge in [-0.25, -0.2) is 9.78 Å². The standard InChI is InChI=1S/C16H18N4O3/c1-18(2)13-10-8-9(23-5)6-7-11(10)17-14-12(13)15(21)20(4)16(22)19(14)3/h6-8H,1-5H3. The first-order valence-electron chi connectivity index (χ1n) is 7.11. The van der Waals surface area contributed by atoms with Gasteiger partial charge in [0.2, 0.25) is 0 Å². The minimum Gasteiger partial charge on any atom is -0.497 e. The van der Waals surface area contributed by atoms with E-state index in [4.69, 9.17) is 4.74 Å². The lowest BCUT2D eigenvalue weighted by Gasteiger charge is -2.19. The summed E-state index contributed by atoms with van der Waals surface area (Å²) >= 11 is 0. The summed E-state index contributed by atoms with van der Waals surface area (Å²) in [5.41, 5.74) is 1.04. The zero-order chi connectivity index (χ0) is 16.9. The lowest BCUT2D eigenvalue weighted by Crippen LogP contribution is -2.38. The van der Waals surface area contributed by atoms with E-state index < -0.39 is 5.69 Å². The highest BCUT2D eigenvalue weighted by Gasteiger charge is 2.18. The van der Waals surface area contributed by atoms with Crippen LogP contribution in [0.15, 0.2) is 27.8 Å². The number of pyridine rings is 1. The van der Waals surface area contributed by atoms with Crippen molar-refractivity contribution in [3.8, 4) is 5.75 Å². The van der Waals surface area contributed by atoms with Gasteiger partial charge >= 0.3 is 5.69 Å². The molecule has 3 aromatic rings. The monoisotopic (exact) mass is 314 g/mol. The average Bonchev–Trinajstić information content (AvgIpc) is 2.55. The molecular formula is C16H18N4O3. The molecule has 7 nitrogen and oxygen atoms in total. The van der Waals surface area contributed by atoms with Crippen LogP contribution in [0.25, 0.3) is 21.9 Å². The molecule has 3 rings (SSSR count). The van der Waals surface area contributed by atoms with Crippen LogP contribution in [0, 0.1) is 0 Å². The Kier molecular flexibility index (Phi) is 3.35. The number of ether oxygens (including phenoxy) is 1. The molecular weight excluding hydrogens is 296 g/mol. The van der Waals surface area contributed by atoms with E-state index in [2.05, 4.69) is 4.98 Å². The van der Waals surface area contributed by atoms with E-state index in [0.29, 0.717) is 22.3 Å². The molecule has 0 spiro atoms. The minimum absolute atomic E-state index is 0.357. The zero-order valence-corrected chi connectivity index (χ0v) is 13.7. The van der Waals surface area contributed by atoms with E-state index in [1.165, 1.54) is 11.6 Å². The Balaban J connectivity index is 2.68. The van der Waals surface area contributed by atoms with Gasteiger partial charge in [0.15, 0.2) is 5.65 Å². The Labute approximate surface area is 132 Å². The number of benzene rings is 1. The second-order valence-electron chi connectivity index (χ2n) is 5.64. The Hall–Kier alpha value is -2.83. The van der Waals surface area contributed by atoms with E-state index in [0.717, 1.165) is 15.6 Å². The molecule has 1 aromatic carbocycles.